The number of nitrogens with one attached hydrogen (secondary N) is 1. The van der Waals surface area contributed by atoms with Crippen molar-refractivity contribution in [3.05, 3.63) is 118 Å². The van der Waals surface area contributed by atoms with Crippen molar-refractivity contribution >= 4 is 18.1 Å². The lowest BCUT2D eigenvalue weighted by molar-refractivity contribution is 0.0224. The number of aromatic hydroxyl groups is 2. The quantitative estimate of drug-likeness (QED) is 0.228. The molecular weight excluding hydrogens is 460 g/mol. The molecule has 1 amide bonds. The Bertz CT molecular complexity index is 1580. The number of rotatable bonds is 3. The van der Waals surface area contributed by atoms with Crippen LogP contribution in [0.5, 0.6) is 23.0 Å². The smallest absolute Gasteiger partial charge is 0.340 e. The molecule has 176 valence electrons. The number of esters is 1. The Morgan fingerprint density at radius 1 is 0.889 bits per heavy atom. The lowest BCUT2D eigenvalue weighted by Crippen LogP contribution is -2.33. The summed E-state index contributed by atoms with van der Waals surface area (Å²) in [4.78, 5) is 25.3. The molecule has 8 heteroatoms. The summed E-state index contributed by atoms with van der Waals surface area (Å²) in [7, 11) is 0. The van der Waals surface area contributed by atoms with E-state index in [1.165, 1.54) is 24.4 Å². The molecule has 0 saturated carbocycles. The van der Waals surface area contributed by atoms with E-state index in [1.54, 1.807) is 66.7 Å². The lowest BCUT2D eigenvalue weighted by atomic mass is 9.77. The molecule has 6 rings (SSSR count). The van der Waals surface area contributed by atoms with Crippen LogP contribution in [-0.2, 0) is 10.3 Å². The van der Waals surface area contributed by atoms with Crippen LogP contribution in [0.3, 0.4) is 0 Å². The molecule has 0 saturated heterocycles. The van der Waals surface area contributed by atoms with Gasteiger partial charge in [0.1, 0.15) is 23.0 Å². The van der Waals surface area contributed by atoms with Crippen LogP contribution in [-0.4, -0.2) is 28.3 Å². The summed E-state index contributed by atoms with van der Waals surface area (Å²) < 4.78 is 12.2. The van der Waals surface area contributed by atoms with E-state index < -0.39 is 17.5 Å². The van der Waals surface area contributed by atoms with Gasteiger partial charge in [0.2, 0.25) is 0 Å². The molecule has 36 heavy (non-hydrogen) atoms. The van der Waals surface area contributed by atoms with Crippen LogP contribution in [0.1, 0.15) is 43.0 Å². The molecule has 1 atom stereocenters. The highest BCUT2D eigenvalue weighted by atomic mass is 16.6. The summed E-state index contributed by atoms with van der Waals surface area (Å²) in [6.07, 6.45) is 1.26. The number of hydrogen-bond donors (Lipinski definition) is 3. The van der Waals surface area contributed by atoms with E-state index in [-0.39, 0.29) is 28.6 Å². The number of benzene rings is 4. The van der Waals surface area contributed by atoms with Gasteiger partial charge in [-0.15, -0.1) is 0 Å². The first-order valence-electron chi connectivity index (χ1n) is 11.1. The Balaban J connectivity index is 1.50. The highest BCUT2D eigenvalue weighted by Crippen LogP contribution is 2.57. The van der Waals surface area contributed by atoms with E-state index in [9.17, 15) is 19.8 Å². The first kappa shape index (κ1) is 21.4. The minimum Gasteiger partial charge on any atom is -0.508 e. The molecule has 2 aliphatic rings. The lowest BCUT2D eigenvalue weighted by Gasteiger charge is -2.37. The van der Waals surface area contributed by atoms with Crippen molar-refractivity contribution in [2.24, 2.45) is 5.10 Å². The molecule has 0 aliphatic carbocycles. The Hall–Kier alpha value is -5.11. The van der Waals surface area contributed by atoms with Crippen molar-refractivity contribution < 1.29 is 29.3 Å². The number of phenols is 2. The molecule has 0 aromatic heterocycles. The van der Waals surface area contributed by atoms with Gasteiger partial charge in [0.05, 0.1) is 17.3 Å². The van der Waals surface area contributed by atoms with Gasteiger partial charge in [0.25, 0.3) is 5.91 Å². The summed E-state index contributed by atoms with van der Waals surface area (Å²) in [5, 5.41) is 24.8. The fourth-order valence-electron chi connectivity index (χ4n) is 4.67. The van der Waals surface area contributed by atoms with Crippen molar-refractivity contribution in [1.29, 1.82) is 0 Å². The molecular formula is C28H18N2O6. The minimum absolute atomic E-state index is 0.0459. The number of hydrazone groups is 1. The number of ether oxygens (including phenoxy) is 2. The fraction of sp³-hybridized carbons (Fsp3) is 0.0357. The summed E-state index contributed by atoms with van der Waals surface area (Å²) in [5.74, 6) is -0.715. The van der Waals surface area contributed by atoms with Crippen LogP contribution >= 0.6 is 0 Å². The van der Waals surface area contributed by atoms with E-state index in [2.05, 4.69) is 10.5 Å². The van der Waals surface area contributed by atoms with Crippen LogP contribution < -0.4 is 10.2 Å². The molecule has 0 fully saturated rings. The van der Waals surface area contributed by atoms with Gasteiger partial charge in [-0.25, -0.2) is 10.2 Å². The van der Waals surface area contributed by atoms with E-state index in [0.717, 1.165) is 0 Å². The van der Waals surface area contributed by atoms with Gasteiger partial charge in [-0.3, -0.25) is 4.79 Å². The molecule has 8 nitrogen and oxygen atoms in total. The van der Waals surface area contributed by atoms with Gasteiger partial charge in [0.15, 0.2) is 5.60 Å². The summed E-state index contributed by atoms with van der Waals surface area (Å²) in [5.41, 5.74) is 3.65. The van der Waals surface area contributed by atoms with Gasteiger partial charge < -0.3 is 19.7 Å². The Morgan fingerprint density at radius 3 is 2.47 bits per heavy atom. The molecule has 0 bridgehead atoms. The predicted octanol–water partition coefficient (Wildman–Crippen LogP) is 4.43. The third-order valence-electron chi connectivity index (χ3n) is 6.28. The molecule has 0 radical (unpaired) electrons. The number of carbonyl (C=O) groups is 2. The Morgan fingerprint density at radius 2 is 1.64 bits per heavy atom. The van der Waals surface area contributed by atoms with Gasteiger partial charge in [-0.2, -0.15) is 5.10 Å². The van der Waals surface area contributed by atoms with Crippen LogP contribution in [0, 0.1) is 0 Å². The second kappa shape index (κ2) is 7.99. The molecule has 2 aliphatic heterocycles. The molecule has 4 aromatic carbocycles. The number of nitrogens with zero attached hydrogens (tertiary/aromatic N) is 1. The number of carbonyl (C=O) groups excluding carboxylic acids is 2. The number of hydrogen-bond acceptors (Lipinski definition) is 7. The Labute approximate surface area is 205 Å². The van der Waals surface area contributed by atoms with Crippen molar-refractivity contribution in [1.82, 2.24) is 5.43 Å². The monoisotopic (exact) mass is 478 g/mol. The zero-order chi connectivity index (χ0) is 24.9. The maximum Gasteiger partial charge on any atom is 0.340 e. The van der Waals surface area contributed by atoms with Crippen molar-refractivity contribution in [2.45, 2.75) is 5.60 Å². The SMILES string of the molecule is O=C(NN=Cc1c(O)ccc2c1Oc1cc(O)ccc1C21OC(=O)c2ccccc21)c1ccccc1. The van der Waals surface area contributed by atoms with E-state index >= 15 is 0 Å². The first-order valence-corrected chi connectivity index (χ1v) is 11.1. The highest BCUT2D eigenvalue weighted by Gasteiger charge is 2.54. The second-order valence-electron chi connectivity index (χ2n) is 8.34. The summed E-state index contributed by atoms with van der Waals surface area (Å²) in [6.45, 7) is 0. The van der Waals surface area contributed by atoms with Gasteiger partial charge >= 0.3 is 5.97 Å². The van der Waals surface area contributed by atoms with Crippen LogP contribution in [0.25, 0.3) is 0 Å². The minimum atomic E-state index is -1.37. The van der Waals surface area contributed by atoms with E-state index in [4.69, 9.17) is 9.47 Å². The first-order chi connectivity index (χ1) is 17.5. The summed E-state index contributed by atoms with van der Waals surface area (Å²) >= 11 is 0. The zero-order valence-electron chi connectivity index (χ0n) is 18.6. The molecule has 4 aromatic rings. The molecule has 3 N–H and O–H groups in total. The average molecular weight is 478 g/mol. The molecule has 2 heterocycles. The van der Waals surface area contributed by atoms with Crippen LogP contribution in [0.4, 0.5) is 0 Å². The number of fused-ring (bicyclic) bond motifs is 6. The van der Waals surface area contributed by atoms with Crippen molar-refractivity contribution in [3.63, 3.8) is 0 Å². The van der Waals surface area contributed by atoms with Gasteiger partial charge in [-0.05, 0) is 42.5 Å². The highest BCUT2D eigenvalue weighted by molar-refractivity contribution is 5.98. The van der Waals surface area contributed by atoms with Crippen molar-refractivity contribution in [2.75, 3.05) is 0 Å². The Kier molecular flexibility index (Phi) is 4.75. The maximum absolute atomic E-state index is 12.9. The summed E-state index contributed by atoms with van der Waals surface area (Å²) in [6, 6.07) is 23.2. The average Bonchev–Trinajstić information content (AvgIpc) is 3.18. The fourth-order valence-corrected chi connectivity index (χ4v) is 4.67. The van der Waals surface area contributed by atoms with E-state index in [0.29, 0.717) is 27.8 Å². The molecule has 1 spiro atoms. The van der Waals surface area contributed by atoms with E-state index in [1.807, 2.05) is 0 Å². The van der Waals surface area contributed by atoms with Crippen LogP contribution in [0.15, 0.2) is 90.0 Å². The number of amides is 1. The number of phenolic OH excluding ortho intramolecular Hbond substituents is 2. The van der Waals surface area contributed by atoms with Gasteiger partial charge in [-0.1, -0.05) is 36.4 Å². The maximum atomic E-state index is 12.9. The molecule has 1 unspecified atom stereocenters. The predicted molar refractivity (Wildman–Crippen MR) is 130 cm³/mol. The van der Waals surface area contributed by atoms with Gasteiger partial charge in [0, 0.05) is 28.3 Å². The zero-order valence-corrected chi connectivity index (χ0v) is 18.6. The topological polar surface area (TPSA) is 117 Å². The second-order valence-corrected chi connectivity index (χ2v) is 8.34. The third-order valence-corrected chi connectivity index (χ3v) is 6.28. The van der Waals surface area contributed by atoms with Crippen LogP contribution in [0.2, 0.25) is 0 Å². The van der Waals surface area contributed by atoms with Crippen molar-refractivity contribution in [3.8, 4) is 23.0 Å². The standard InChI is InChI=1S/C28H18N2O6/c31-17-10-11-21-24(14-17)35-25-19(15-29-30-26(33)16-6-2-1-3-7-16)23(32)13-12-22(25)28(21)20-9-5-4-8-18(20)27(34)36-28/h1-15,31-32H,(H,30,33). The normalized spacial score (nSPS) is 17.2. The largest absolute Gasteiger partial charge is 0.508 e. The third kappa shape index (κ3) is 3.12.